The Morgan fingerprint density at radius 2 is 1.79 bits per heavy atom. The van der Waals surface area contributed by atoms with Crippen LogP contribution < -0.4 is 4.74 Å². The number of nitrogens with zero attached hydrogens (tertiary/aromatic N) is 4. The zero-order valence-electron chi connectivity index (χ0n) is 18.9. The summed E-state index contributed by atoms with van der Waals surface area (Å²) in [5.74, 6) is 0.677. The van der Waals surface area contributed by atoms with E-state index in [1.165, 1.54) is 11.9 Å². The second kappa shape index (κ2) is 8.86. The van der Waals surface area contributed by atoms with Gasteiger partial charge in [0, 0.05) is 36.2 Å². The van der Waals surface area contributed by atoms with Crippen molar-refractivity contribution in [2.24, 2.45) is 5.10 Å². The van der Waals surface area contributed by atoms with Gasteiger partial charge in [-0.2, -0.15) is 10.2 Å². The van der Waals surface area contributed by atoms with Gasteiger partial charge in [0.05, 0.1) is 30.2 Å². The number of amides is 1. The Hall–Kier alpha value is -4.39. The van der Waals surface area contributed by atoms with Crippen LogP contribution in [0.15, 0.2) is 90.2 Å². The van der Waals surface area contributed by atoms with Gasteiger partial charge in [0.15, 0.2) is 0 Å². The molecule has 1 aliphatic rings. The van der Waals surface area contributed by atoms with Crippen LogP contribution in [0.2, 0.25) is 0 Å². The molecule has 1 aromatic heterocycles. The van der Waals surface area contributed by atoms with Gasteiger partial charge in [-0.05, 0) is 36.4 Å². The highest BCUT2D eigenvalue weighted by molar-refractivity contribution is 6.05. The average Bonchev–Trinajstić information content (AvgIpc) is 3.50. The summed E-state index contributed by atoms with van der Waals surface area (Å²) in [5, 5.41) is 21.4. The number of para-hydroxylation sites is 2. The molecule has 4 aromatic rings. The lowest BCUT2D eigenvalue weighted by Gasteiger charge is -2.20. The van der Waals surface area contributed by atoms with E-state index >= 15 is 0 Å². The lowest BCUT2D eigenvalue weighted by Crippen LogP contribution is -2.24. The van der Waals surface area contributed by atoms with Gasteiger partial charge in [-0.15, -0.1) is 0 Å². The Morgan fingerprint density at radius 3 is 2.53 bits per heavy atom. The maximum Gasteiger partial charge on any atom is 0.240 e. The average molecular weight is 453 g/mol. The highest BCUT2D eigenvalue weighted by Gasteiger charge is 2.35. The van der Waals surface area contributed by atoms with Crippen molar-refractivity contribution in [2.75, 3.05) is 7.11 Å². The Bertz CT molecular complexity index is 1380. The maximum absolute atomic E-state index is 12.6. The monoisotopic (exact) mass is 452 g/mol. The summed E-state index contributed by atoms with van der Waals surface area (Å²) in [6.45, 7) is 1.50. The van der Waals surface area contributed by atoms with Gasteiger partial charge in [0.2, 0.25) is 5.91 Å². The Kier molecular flexibility index (Phi) is 5.59. The topological polar surface area (TPSA) is 80.0 Å². The van der Waals surface area contributed by atoms with E-state index < -0.39 is 0 Å². The molecule has 2 heterocycles. The summed E-state index contributed by atoms with van der Waals surface area (Å²) >= 11 is 0. The summed E-state index contributed by atoms with van der Waals surface area (Å²) in [7, 11) is 1.63. The van der Waals surface area contributed by atoms with E-state index in [4.69, 9.17) is 9.84 Å². The van der Waals surface area contributed by atoms with E-state index in [9.17, 15) is 9.90 Å². The van der Waals surface area contributed by atoms with Gasteiger partial charge < -0.3 is 9.84 Å². The predicted octanol–water partition coefficient (Wildman–Crippen LogP) is 4.95. The summed E-state index contributed by atoms with van der Waals surface area (Å²) in [6.07, 6.45) is 2.41. The summed E-state index contributed by atoms with van der Waals surface area (Å²) in [5.41, 5.74) is 4.67. The number of phenols is 1. The second-order valence-electron chi connectivity index (χ2n) is 8.09. The van der Waals surface area contributed by atoms with Crippen molar-refractivity contribution < 1.29 is 14.6 Å². The minimum absolute atomic E-state index is 0.137. The number of benzene rings is 3. The number of phenolic OH excluding ortho intramolecular Hbond substituents is 1. The minimum atomic E-state index is -0.370. The quantitative estimate of drug-likeness (QED) is 0.465. The minimum Gasteiger partial charge on any atom is -0.507 e. The van der Waals surface area contributed by atoms with Crippen molar-refractivity contribution in [1.82, 2.24) is 14.8 Å². The van der Waals surface area contributed by atoms with Gasteiger partial charge in [-0.1, -0.05) is 42.5 Å². The lowest BCUT2D eigenvalue weighted by molar-refractivity contribution is -0.130. The molecule has 0 bridgehead atoms. The van der Waals surface area contributed by atoms with Crippen LogP contribution in [0.3, 0.4) is 0 Å². The summed E-state index contributed by atoms with van der Waals surface area (Å²) in [6, 6.07) is 24.2. The maximum atomic E-state index is 12.6. The Morgan fingerprint density at radius 1 is 1.03 bits per heavy atom. The fourth-order valence-electron chi connectivity index (χ4n) is 4.26. The van der Waals surface area contributed by atoms with E-state index in [1.807, 2.05) is 77.6 Å². The number of aromatic hydroxyl groups is 1. The number of methoxy groups -OCH3 is 1. The SMILES string of the molecule is COc1cccc(-c2nn(-c3ccccc3)cc2[C@@H]2CC(c3ccccc3O)=NN2C(C)=O)c1. The molecule has 1 aliphatic heterocycles. The molecule has 0 spiro atoms. The third kappa shape index (κ3) is 3.92. The molecule has 0 unspecified atom stereocenters. The van der Waals surface area contributed by atoms with Crippen molar-refractivity contribution >= 4 is 11.6 Å². The molecule has 0 saturated carbocycles. The van der Waals surface area contributed by atoms with Crippen molar-refractivity contribution in [3.8, 4) is 28.4 Å². The van der Waals surface area contributed by atoms with Gasteiger partial charge in [-0.3, -0.25) is 4.79 Å². The van der Waals surface area contributed by atoms with Crippen LogP contribution in [0, 0.1) is 0 Å². The third-order valence-corrected chi connectivity index (χ3v) is 5.91. The van der Waals surface area contributed by atoms with Crippen molar-refractivity contribution in [3.05, 3.63) is 96.2 Å². The highest BCUT2D eigenvalue weighted by atomic mass is 16.5. The molecule has 1 amide bonds. The zero-order valence-corrected chi connectivity index (χ0v) is 18.9. The molecule has 0 radical (unpaired) electrons. The normalized spacial score (nSPS) is 15.3. The summed E-state index contributed by atoms with van der Waals surface area (Å²) in [4.78, 5) is 12.6. The standard InChI is InChI=1S/C27H24N4O3/c1-18(32)31-25(16-24(28-31)22-13-6-7-14-26(22)33)23-17-30(20-10-4-3-5-11-20)29-27(23)19-9-8-12-21(15-19)34-2/h3-15,17,25,33H,16H2,1-2H3/t25-/m0/s1. The first-order valence-corrected chi connectivity index (χ1v) is 11.0. The molecular weight excluding hydrogens is 428 g/mol. The van der Waals surface area contributed by atoms with Crippen LogP contribution in [-0.2, 0) is 4.79 Å². The fraction of sp³-hybridized carbons (Fsp3) is 0.148. The van der Waals surface area contributed by atoms with Crippen LogP contribution in [0.25, 0.3) is 16.9 Å². The first kappa shape index (κ1) is 21.5. The molecule has 5 rings (SSSR count). The van der Waals surface area contributed by atoms with E-state index in [1.54, 1.807) is 19.2 Å². The van der Waals surface area contributed by atoms with Gasteiger partial charge >= 0.3 is 0 Å². The number of ether oxygens (including phenoxy) is 1. The van der Waals surface area contributed by atoms with Gasteiger partial charge in [-0.25, -0.2) is 9.69 Å². The largest absolute Gasteiger partial charge is 0.507 e. The highest BCUT2D eigenvalue weighted by Crippen LogP contribution is 2.39. The van der Waals surface area contributed by atoms with Crippen LogP contribution in [0.1, 0.15) is 30.5 Å². The van der Waals surface area contributed by atoms with Crippen molar-refractivity contribution in [1.29, 1.82) is 0 Å². The molecule has 1 N–H and O–H groups in total. The molecule has 34 heavy (non-hydrogen) atoms. The predicted molar refractivity (Wildman–Crippen MR) is 130 cm³/mol. The van der Waals surface area contributed by atoms with Crippen LogP contribution in [0.5, 0.6) is 11.5 Å². The smallest absolute Gasteiger partial charge is 0.240 e. The van der Waals surface area contributed by atoms with E-state index in [2.05, 4.69) is 5.10 Å². The summed E-state index contributed by atoms with van der Waals surface area (Å²) < 4.78 is 7.25. The van der Waals surface area contributed by atoms with E-state index in [-0.39, 0.29) is 17.7 Å². The van der Waals surface area contributed by atoms with Crippen molar-refractivity contribution in [2.45, 2.75) is 19.4 Å². The molecule has 0 saturated heterocycles. The van der Waals surface area contributed by atoms with E-state index in [0.717, 1.165) is 28.3 Å². The lowest BCUT2D eigenvalue weighted by atomic mass is 9.96. The van der Waals surface area contributed by atoms with Crippen LogP contribution in [0.4, 0.5) is 0 Å². The molecule has 0 aliphatic carbocycles. The van der Waals surface area contributed by atoms with Gasteiger partial charge in [0.25, 0.3) is 0 Å². The first-order chi connectivity index (χ1) is 16.5. The molecule has 7 nitrogen and oxygen atoms in total. The number of carbonyl (C=O) groups is 1. The molecule has 3 aromatic carbocycles. The number of carbonyl (C=O) groups excluding carboxylic acids is 1. The van der Waals surface area contributed by atoms with Crippen molar-refractivity contribution in [3.63, 3.8) is 0 Å². The Labute approximate surface area is 197 Å². The number of hydrogen-bond acceptors (Lipinski definition) is 5. The molecule has 0 fully saturated rings. The number of aromatic nitrogens is 2. The third-order valence-electron chi connectivity index (χ3n) is 5.91. The second-order valence-corrected chi connectivity index (χ2v) is 8.09. The molecule has 170 valence electrons. The molecule has 1 atom stereocenters. The molecular formula is C27H24N4O3. The van der Waals surface area contributed by atoms with Crippen LogP contribution >= 0.6 is 0 Å². The van der Waals surface area contributed by atoms with Crippen LogP contribution in [-0.4, -0.2) is 38.6 Å². The Balaban J connectivity index is 1.64. The number of rotatable bonds is 5. The first-order valence-electron chi connectivity index (χ1n) is 11.0. The fourth-order valence-corrected chi connectivity index (χ4v) is 4.26. The number of hydrazone groups is 1. The zero-order chi connectivity index (χ0) is 23.7. The molecule has 7 heteroatoms. The van der Waals surface area contributed by atoms with E-state index in [0.29, 0.717) is 17.7 Å². The number of hydrogen-bond donors (Lipinski definition) is 1. The van der Waals surface area contributed by atoms with Gasteiger partial charge in [0.1, 0.15) is 11.5 Å².